The topological polar surface area (TPSA) is 32.3 Å². The van der Waals surface area contributed by atoms with Crippen LogP contribution >= 0.6 is 11.6 Å². The standard InChI is InChI=1S/C13H17ClN2O/c1-16(2)13(17)11-8-10(6-7-12(11)14)15-9-4-3-5-9/h6-9,15H,3-5H2,1-2H3. The van der Waals surface area contributed by atoms with E-state index in [2.05, 4.69) is 5.32 Å². The zero-order valence-corrected chi connectivity index (χ0v) is 10.9. The molecule has 17 heavy (non-hydrogen) atoms. The first-order valence-electron chi connectivity index (χ1n) is 5.85. The van der Waals surface area contributed by atoms with Gasteiger partial charge in [0, 0.05) is 25.8 Å². The summed E-state index contributed by atoms with van der Waals surface area (Å²) in [6.07, 6.45) is 3.70. The number of rotatable bonds is 3. The Kier molecular flexibility index (Phi) is 3.57. The molecule has 0 heterocycles. The molecule has 1 aliphatic carbocycles. The van der Waals surface area contributed by atoms with Crippen molar-refractivity contribution < 1.29 is 4.79 Å². The molecule has 2 rings (SSSR count). The van der Waals surface area contributed by atoms with Crippen molar-refractivity contribution in [2.24, 2.45) is 0 Å². The fourth-order valence-corrected chi connectivity index (χ4v) is 2.01. The van der Waals surface area contributed by atoms with Gasteiger partial charge in [-0.1, -0.05) is 11.6 Å². The summed E-state index contributed by atoms with van der Waals surface area (Å²) in [5.41, 5.74) is 1.53. The second-order valence-electron chi connectivity index (χ2n) is 4.67. The van der Waals surface area contributed by atoms with Crippen LogP contribution in [0.3, 0.4) is 0 Å². The minimum Gasteiger partial charge on any atom is -0.382 e. The second-order valence-corrected chi connectivity index (χ2v) is 5.07. The summed E-state index contributed by atoms with van der Waals surface area (Å²) in [4.78, 5) is 13.4. The molecule has 1 amide bonds. The molecule has 0 aliphatic heterocycles. The predicted octanol–water partition coefficient (Wildman–Crippen LogP) is 3.01. The molecule has 1 aliphatic rings. The molecule has 92 valence electrons. The number of nitrogens with zero attached hydrogens (tertiary/aromatic N) is 1. The van der Waals surface area contributed by atoms with Gasteiger partial charge in [-0.3, -0.25) is 4.79 Å². The van der Waals surface area contributed by atoms with Crippen LogP contribution in [-0.4, -0.2) is 30.9 Å². The minimum atomic E-state index is -0.0627. The Morgan fingerprint density at radius 2 is 2.12 bits per heavy atom. The zero-order chi connectivity index (χ0) is 12.4. The van der Waals surface area contributed by atoms with E-state index < -0.39 is 0 Å². The molecule has 1 saturated carbocycles. The molecule has 0 saturated heterocycles. The van der Waals surface area contributed by atoms with Crippen LogP contribution in [0.4, 0.5) is 5.69 Å². The van der Waals surface area contributed by atoms with Gasteiger partial charge < -0.3 is 10.2 Å². The summed E-state index contributed by atoms with van der Waals surface area (Å²) in [6, 6.07) is 6.09. The monoisotopic (exact) mass is 252 g/mol. The summed E-state index contributed by atoms with van der Waals surface area (Å²) < 4.78 is 0. The molecule has 4 heteroatoms. The van der Waals surface area contributed by atoms with Gasteiger partial charge in [-0.05, 0) is 37.5 Å². The summed E-state index contributed by atoms with van der Waals surface area (Å²) in [5, 5.41) is 3.91. The van der Waals surface area contributed by atoms with Crippen LogP contribution in [0.15, 0.2) is 18.2 Å². The van der Waals surface area contributed by atoms with E-state index in [1.165, 1.54) is 24.2 Å². The van der Waals surface area contributed by atoms with Gasteiger partial charge in [0.15, 0.2) is 0 Å². The summed E-state index contributed by atoms with van der Waals surface area (Å²) in [7, 11) is 3.45. The van der Waals surface area contributed by atoms with Crippen LogP contribution in [0, 0.1) is 0 Å². The molecule has 1 fully saturated rings. The lowest BCUT2D eigenvalue weighted by Gasteiger charge is -2.27. The highest BCUT2D eigenvalue weighted by molar-refractivity contribution is 6.34. The van der Waals surface area contributed by atoms with Gasteiger partial charge in [-0.2, -0.15) is 0 Å². The molecule has 1 aromatic carbocycles. The molecule has 0 spiro atoms. The summed E-state index contributed by atoms with van der Waals surface area (Å²) in [6.45, 7) is 0. The average Bonchev–Trinajstić information content (AvgIpc) is 2.24. The first-order valence-corrected chi connectivity index (χ1v) is 6.23. The van der Waals surface area contributed by atoms with Crippen LogP contribution in [-0.2, 0) is 0 Å². The third-order valence-electron chi connectivity index (χ3n) is 3.08. The Labute approximate surface area is 107 Å². The number of halogens is 1. The highest BCUT2D eigenvalue weighted by atomic mass is 35.5. The maximum Gasteiger partial charge on any atom is 0.254 e. The summed E-state index contributed by atoms with van der Waals surface area (Å²) >= 11 is 6.04. The zero-order valence-electron chi connectivity index (χ0n) is 10.2. The van der Waals surface area contributed by atoms with Crippen molar-refractivity contribution in [3.63, 3.8) is 0 Å². The van der Waals surface area contributed by atoms with E-state index in [-0.39, 0.29) is 5.91 Å². The maximum absolute atomic E-state index is 11.9. The molecule has 0 atom stereocenters. The van der Waals surface area contributed by atoms with E-state index in [0.717, 1.165) is 5.69 Å². The van der Waals surface area contributed by atoms with Crippen molar-refractivity contribution in [1.82, 2.24) is 4.90 Å². The van der Waals surface area contributed by atoms with Crippen molar-refractivity contribution in [2.75, 3.05) is 19.4 Å². The maximum atomic E-state index is 11.9. The van der Waals surface area contributed by atoms with E-state index in [0.29, 0.717) is 16.6 Å². The van der Waals surface area contributed by atoms with Gasteiger partial charge in [-0.25, -0.2) is 0 Å². The first kappa shape index (κ1) is 12.2. The summed E-state index contributed by atoms with van der Waals surface area (Å²) in [5.74, 6) is -0.0627. The second kappa shape index (κ2) is 4.96. The molecule has 1 N–H and O–H groups in total. The van der Waals surface area contributed by atoms with Gasteiger partial charge in [0.1, 0.15) is 0 Å². The number of hydrogen-bond acceptors (Lipinski definition) is 2. The quantitative estimate of drug-likeness (QED) is 0.897. The number of amides is 1. The Morgan fingerprint density at radius 3 is 2.65 bits per heavy atom. The van der Waals surface area contributed by atoms with Gasteiger partial charge in [0.05, 0.1) is 10.6 Å². The van der Waals surface area contributed by atoms with Gasteiger partial charge in [0.2, 0.25) is 0 Å². The van der Waals surface area contributed by atoms with Crippen molar-refractivity contribution >= 4 is 23.2 Å². The Morgan fingerprint density at radius 1 is 1.41 bits per heavy atom. The van der Waals surface area contributed by atoms with Crippen molar-refractivity contribution in [1.29, 1.82) is 0 Å². The smallest absolute Gasteiger partial charge is 0.254 e. The van der Waals surface area contributed by atoms with E-state index in [1.54, 1.807) is 20.2 Å². The third-order valence-corrected chi connectivity index (χ3v) is 3.41. The fraction of sp³-hybridized carbons (Fsp3) is 0.462. The van der Waals surface area contributed by atoms with E-state index in [9.17, 15) is 4.79 Å². The lowest BCUT2D eigenvalue weighted by atomic mass is 9.93. The van der Waals surface area contributed by atoms with E-state index in [4.69, 9.17) is 11.6 Å². The number of benzene rings is 1. The van der Waals surface area contributed by atoms with Gasteiger partial charge >= 0.3 is 0 Å². The van der Waals surface area contributed by atoms with Crippen molar-refractivity contribution in [2.45, 2.75) is 25.3 Å². The average molecular weight is 253 g/mol. The number of nitrogens with one attached hydrogen (secondary N) is 1. The van der Waals surface area contributed by atoms with Crippen LogP contribution in [0.2, 0.25) is 5.02 Å². The predicted molar refractivity (Wildman–Crippen MR) is 70.7 cm³/mol. The first-order chi connectivity index (χ1) is 8.08. The van der Waals surface area contributed by atoms with Crippen LogP contribution < -0.4 is 5.32 Å². The van der Waals surface area contributed by atoms with E-state index in [1.807, 2.05) is 12.1 Å². The molecular weight excluding hydrogens is 236 g/mol. The van der Waals surface area contributed by atoms with E-state index >= 15 is 0 Å². The normalized spacial score (nSPS) is 15.2. The Balaban J connectivity index is 2.19. The van der Waals surface area contributed by atoms with Crippen molar-refractivity contribution in [3.05, 3.63) is 28.8 Å². The highest BCUT2D eigenvalue weighted by Gasteiger charge is 2.18. The Hall–Kier alpha value is -1.22. The van der Waals surface area contributed by atoms with Crippen LogP contribution in [0.5, 0.6) is 0 Å². The Bertz CT molecular complexity index is 427. The molecule has 1 aromatic rings. The lowest BCUT2D eigenvalue weighted by molar-refractivity contribution is 0.0828. The molecule has 0 unspecified atom stereocenters. The molecule has 0 radical (unpaired) electrons. The lowest BCUT2D eigenvalue weighted by Crippen LogP contribution is -2.27. The van der Waals surface area contributed by atoms with Gasteiger partial charge in [-0.15, -0.1) is 0 Å². The third kappa shape index (κ3) is 2.72. The molecule has 0 bridgehead atoms. The molecule has 0 aromatic heterocycles. The molecular formula is C13H17ClN2O. The number of carbonyl (C=O) groups is 1. The largest absolute Gasteiger partial charge is 0.382 e. The SMILES string of the molecule is CN(C)C(=O)c1cc(NC2CCC2)ccc1Cl. The minimum absolute atomic E-state index is 0.0627. The highest BCUT2D eigenvalue weighted by Crippen LogP contribution is 2.26. The fourth-order valence-electron chi connectivity index (χ4n) is 1.81. The molecule has 3 nitrogen and oxygen atoms in total. The number of hydrogen-bond donors (Lipinski definition) is 1. The number of anilines is 1. The van der Waals surface area contributed by atoms with Gasteiger partial charge in [0.25, 0.3) is 5.91 Å². The number of carbonyl (C=O) groups excluding carboxylic acids is 1. The van der Waals surface area contributed by atoms with Crippen LogP contribution in [0.1, 0.15) is 29.6 Å². The van der Waals surface area contributed by atoms with Crippen LogP contribution in [0.25, 0.3) is 0 Å². The van der Waals surface area contributed by atoms with Crippen molar-refractivity contribution in [3.8, 4) is 0 Å².